The molecule has 0 aromatic rings. The van der Waals surface area contributed by atoms with Gasteiger partial charge in [0.1, 0.15) is 0 Å². The van der Waals surface area contributed by atoms with E-state index in [1.54, 1.807) is 15.7 Å². The van der Waals surface area contributed by atoms with Crippen LogP contribution < -0.4 is 5.32 Å². The second-order valence-electron chi connectivity index (χ2n) is 3.41. The van der Waals surface area contributed by atoms with Crippen molar-refractivity contribution in [2.45, 2.75) is 23.1 Å². The first-order chi connectivity index (χ1) is 6.24. The molecule has 4 nitrogen and oxygen atoms in total. The Morgan fingerprint density at radius 3 is 3.08 bits per heavy atom. The van der Waals surface area contributed by atoms with E-state index in [0.29, 0.717) is 0 Å². The zero-order valence-corrected chi connectivity index (χ0v) is 8.41. The van der Waals surface area contributed by atoms with E-state index in [4.69, 9.17) is 0 Å². The van der Waals surface area contributed by atoms with E-state index in [1.807, 2.05) is 0 Å². The van der Waals surface area contributed by atoms with Crippen LogP contribution in [0.4, 0.5) is 0 Å². The third-order valence-corrected chi connectivity index (χ3v) is 5.91. The standard InChI is InChI=1S/C7H8N2O2S2/c10-5-4-8-6(11)7(13-12-4)2-1-3-9(5)7/h4H,1-3H2,(H,8,11). The number of amides is 2. The summed E-state index contributed by atoms with van der Waals surface area (Å²) in [6.07, 6.45) is 1.74. The van der Waals surface area contributed by atoms with Gasteiger partial charge in [0.2, 0.25) is 0 Å². The van der Waals surface area contributed by atoms with Gasteiger partial charge >= 0.3 is 0 Å². The highest BCUT2D eigenvalue weighted by Gasteiger charge is 2.60. The fraction of sp³-hybridized carbons (Fsp3) is 0.714. The summed E-state index contributed by atoms with van der Waals surface area (Å²) in [6.45, 7) is 0.746. The van der Waals surface area contributed by atoms with Gasteiger partial charge in [0.05, 0.1) is 0 Å². The van der Waals surface area contributed by atoms with E-state index in [9.17, 15) is 9.59 Å². The zero-order valence-electron chi connectivity index (χ0n) is 6.78. The average molecular weight is 216 g/mol. The van der Waals surface area contributed by atoms with Gasteiger partial charge in [-0.05, 0) is 12.8 Å². The summed E-state index contributed by atoms with van der Waals surface area (Å²) in [5.74, 6) is 0.110. The molecule has 4 fully saturated rings. The van der Waals surface area contributed by atoms with Crippen LogP contribution in [0.25, 0.3) is 0 Å². The van der Waals surface area contributed by atoms with Gasteiger partial charge in [0, 0.05) is 6.54 Å². The molecule has 0 radical (unpaired) electrons. The molecule has 4 saturated heterocycles. The largest absolute Gasteiger partial charge is 0.332 e. The van der Waals surface area contributed by atoms with Gasteiger partial charge in [-0.25, -0.2) is 0 Å². The minimum absolute atomic E-state index is 0.0263. The molecule has 2 bridgehead atoms. The van der Waals surface area contributed by atoms with Crippen LogP contribution in [0.1, 0.15) is 12.8 Å². The van der Waals surface area contributed by atoms with Crippen molar-refractivity contribution in [3.05, 3.63) is 0 Å². The van der Waals surface area contributed by atoms with Gasteiger partial charge in [-0.3, -0.25) is 9.59 Å². The molecule has 2 unspecified atom stereocenters. The van der Waals surface area contributed by atoms with Crippen molar-refractivity contribution in [3.63, 3.8) is 0 Å². The van der Waals surface area contributed by atoms with Crippen molar-refractivity contribution in [2.75, 3.05) is 6.54 Å². The number of piperazine rings is 1. The molecule has 0 aromatic carbocycles. The maximum Gasteiger partial charge on any atom is 0.258 e. The molecule has 70 valence electrons. The van der Waals surface area contributed by atoms with Gasteiger partial charge in [0.25, 0.3) is 11.8 Å². The van der Waals surface area contributed by atoms with Crippen molar-refractivity contribution < 1.29 is 9.59 Å². The Morgan fingerprint density at radius 1 is 1.54 bits per heavy atom. The average Bonchev–Trinajstić information content (AvgIpc) is 2.54. The molecule has 2 atom stereocenters. The lowest BCUT2D eigenvalue weighted by Gasteiger charge is -2.47. The summed E-state index contributed by atoms with van der Waals surface area (Å²) in [6, 6.07) is 0. The number of carbonyl (C=O) groups excluding carboxylic acids is 2. The topological polar surface area (TPSA) is 49.4 Å². The first kappa shape index (κ1) is 7.99. The summed E-state index contributed by atoms with van der Waals surface area (Å²) in [7, 11) is 3.04. The van der Waals surface area contributed by atoms with E-state index < -0.39 is 4.87 Å². The molecule has 6 heteroatoms. The highest BCUT2D eigenvalue weighted by molar-refractivity contribution is 8.78. The highest BCUT2D eigenvalue weighted by Crippen LogP contribution is 2.54. The van der Waals surface area contributed by atoms with Crippen molar-refractivity contribution in [2.24, 2.45) is 0 Å². The smallest absolute Gasteiger partial charge is 0.258 e. The predicted molar refractivity (Wildman–Crippen MR) is 50.8 cm³/mol. The Labute approximate surface area is 83.2 Å². The van der Waals surface area contributed by atoms with Crippen molar-refractivity contribution in [1.82, 2.24) is 10.2 Å². The van der Waals surface area contributed by atoms with Crippen LogP contribution in [0, 0.1) is 0 Å². The molecular weight excluding hydrogens is 208 g/mol. The number of nitrogens with zero attached hydrogens (tertiary/aromatic N) is 1. The highest BCUT2D eigenvalue weighted by atomic mass is 33.1. The minimum atomic E-state index is -0.559. The Bertz CT molecular complexity index is 307. The number of carbonyl (C=O) groups is 2. The summed E-state index contributed by atoms with van der Waals surface area (Å²) < 4.78 is 0. The van der Waals surface area contributed by atoms with E-state index in [1.165, 1.54) is 10.8 Å². The van der Waals surface area contributed by atoms with Crippen molar-refractivity contribution in [3.8, 4) is 0 Å². The molecule has 4 aliphatic heterocycles. The first-order valence-electron chi connectivity index (χ1n) is 4.21. The third kappa shape index (κ3) is 0.806. The maximum atomic E-state index is 11.7. The molecule has 1 spiro atoms. The number of hydrogen-bond donors (Lipinski definition) is 1. The van der Waals surface area contributed by atoms with Gasteiger partial charge in [-0.2, -0.15) is 0 Å². The van der Waals surface area contributed by atoms with Crippen molar-refractivity contribution >= 4 is 33.4 Å². The monoisotopic (exact) mass is 216 g/mol. The number of hydrogen-bond acceptors (Lipinski definition) is 4. The zero-order chi connectivity index (χ0) is 9.05. The molecule has 1 N–H and O–H groups in total. The Morgan fingerprint density at radius 2 is 2.38 bits per heavy atom. The maximum absolute atomic E-state index is 11.7. The SMILES string of the molecule is O=C1C2NC(=O)C3(CCCN13)SS2. The van der Waals surface area contributed by atoms with Crippen LogP contribution in [0.2, 0.25) is 0 Å². The minimum Gasteiger partial charge on any atom is -0.332 e. The van der Waals surface area contributed by atoms with Gasteiger partial charge in [0.15, 0.2) is 10.2 Å². The van der Waals surface area contributed by atoms with Crippen LogP contribution in [-0.4, -0.2) is 33.5 Å². The van der Waals surface area contributed by atoms with Gasteiger partial charge in [-0.15, -0.1) is 0 Å². The number of rotatable bonds is 0. The second-order valence-corrected chi connectivity index (χ2v) is 5.99. The summed E-state index contributed by atoms with van der Waals surface area (Å²) in [5.41, 5.74) is 0. The van der Waals surface area contributed by atoms with Crippen LogP contribution in [0.3, 0.4) is 0 Å². The lowest BCUT2D eigenvalue weighted by atomic mass is 10.1. The second kappa shape index (κ2) is 2.36. The molecule has 4 heterocycles. The first-order valence-corrected chi connectivity index (χ1v) is 6.42. The molecule has 4 aliphatic rings. The predicted octanol–water partition coefficient (Wildman–Crippen LogP) is 0.156. The molecule has 0 aliphatic carbocycles. The molecule has 0 saturated carbocycles. The van der Waals surface area contributed by atoms with Crippen LogP contribution in [-0.2, 0) is 9.59 Å². The van der Waals surface area contributed by atoms with Gasteiger partial charge in [-0.1, -0.05) is 21.6 Å². The normalized spacial score (nSPS) is 42.2. The van der Waals surface area contributed by atoms with Crippen LogP contribution in [0.5, 0.6) is 0 Å². The van der Waals surface area contributed by atoms with Crippen LogP contribution in [0.15, 0.2) is 0 Å². The van der Waals surface area contributed by atoms with Gasteiger partial charge < -0.3 is 10.2 Å². The quantitative estimate of drug-likeness (QED) is 0.586. The number of nitrogens with one attached hydrogen (secondary N) is 1. The summed E-state index contributed by atoms with van der Waals surface area (Å²) in [4.78, 5) is 24.5. The molecule has 2 amide bonds. The van der Waals surface area contributed by atoms with E-state index in [0.717, 1.165) is 19.4 Å². The fourth-order valence-electron chi connectivity index (χ4n) is 2.07. The Hall–Kier alpha value is -0.360. The summed E-state index contributed by atoms with van der Waals surface area (Å²) in [5, 5.41) is 2.40. The molecule has 13 heavy (non-hydrogen) atoms. The third-order valence-electron chi connectivity index (χ3n) is 2.72. The Balaban J connectivity index is 2.10. The lowest BCUT2D eigenvalue weighted by molar-refractivity contribution is -0.146. The Kier molecular flexibility index (Phi) is 1.45. The fourth-order valence-corrected chi connectivity index (χ4v) is 5.23. The molecular formula is C7H8N2O2S2. The van der Waals surface area contributed by atoms with E-state index >= 15 is 0 Å². The summed E-state index contributed by atoms with van der Waals surface area (Å²) >= 11 is 0. The van der Waals surface area contributed by atoms with E-state index in [2.05, 4.69) is 5.32 Å². The van der Waals surface area contributed by atoms with E-state index in [-0.39, 0.29) is 17.2 Å². The lowest BCUT2D eigenvalue weighted by Crippen LogP contribution is -2.68. The number of fused-ring (bicyclic) bond motifs is 2. The molecule has 0 aromatic heterocycles. The molecule has 4 rings (SSSR count). The van der Waals surface area contributed by atoms with Crippen molar-refractivity contribution in [1.29, 1.82) is 0 Å². The van der Waals surface area contributed by atoms with Crippen LogP contribution >= 0.6 is 21.6 Å².